The summed E-state index contributed by atoms with van der Waals surface area (Å²) in [6.07, 6.45) is 1.81. The van der Waals surface area contributed by atoms with Gasteiger partial charge in [-0.15, -0.1) is 0 Å². The Hall–Kier alpha value is -2.47. The minimum atomic E-state index is -0.310. The summed E-state index contributed by atoms with van der Waals surface area (Å²) >= 11 is 0. The normalized spacial score (nSPS) is 10.6. The van der Waals surface area contributed by atoms with Crippen molar-refractivity contribution in [2.45, 2.75) is 6.42 Å². The van der Waals surface area contributed by atoms with E-state index < -0.39 is 0 Å². The molecule has 0 saturated carbocycles. The lowest BCUT2D eigenvalue weighted by Gasteiger charge is -2.11. The van der Waals surface area contributed by atoms with E-state index in [9.17, 15) is 9.18 Å². The van der Waals surface area contributed by atoms with Gasteiger partial charge in [0.15, 0.2) is 0 Å². The van der Waals surface area contributed by atoms with Crippen LogP contribution in [0.5, 0.6) is 0 Å². The number of carbonyl (C=O) groups excluding carboxylic acids is 1. The molecule has 2 N–H and O–H groups in total. The Kier molecular flexibility index (Phi) is 6.05. The van der Waals surface area contributed by atoms with E-state index in [0.717, 1.165) is 24.5 Å². The van der Waals surface area contributed by atoms with E-state index in [1.807, 2.05) is 20.2 Å². The summed E-state index contributed by atoms with van der Waals surface area (Å²) in [5.74, 6) is 0.297. The number of nitrogens with zero attached hydrogens (tertiary/aromatic N) is 2. The van der Waals surface area contributed by atoms with Gasteiger partial charge in [-0.1, -0.05) is 12.1 Å². The zero-order chi connectivity index (χ0) is 16.7. The molecule has 5 nitrogen and oxygen atoms in total. The van der Waals surface area contributed by atoms with E-state index in [1.54, 1.807) is 24.4 Å². The van der Waals surface area contributed by atoms with Crippen molar-refractivity contribution in [3.05, 3.63) is 54.0 Å². The van der Waals surface area contributed by atoms with E-state index in [-0.39, 0.29) is 18.1 Å². The summed E-state index contributed by atoms with van der Waals surface area (Å²) in [5, 5.41) is 5.98. The molecule has 1 heterocycles. The molecule has 2 rings (SSSR count). The van der Waals surface area contributed by atoms with Gasteiger partial charge in [0.2, 0.25) is 5.91 Å². The third-order valence-corrected chi connectivity index (χ3v) is 3.19. The van der Waals surface area contributed by atoms with Crippen molar-refractivity contribution in [1.29, 1.82) is 0 Å². The Labute approximate surface area is 135 Å². The van der Waals surface area contributed by atoms with Crippen LogP contribution in [0.4, 0.5) is 15.9 Å². The summed E-state index contributed by atoms with van der Waals surface area (Å²) in [5.41, 5.74) is 1.40. The molecule has 1 amide bonds. The Bertz CT molecular complexity index is 626. The minimum absolute atomic E-state index is 0.160. The van der Waals surface area contributed by atoms with Gasteiger partial charge in [-0.2, -0.15) is 0 Å². The molecular formula is C17H21FN4O. The van der Waals surface area contributed by atoms with Crippen molar-refractivity contribution in [2.75, 3.05) is 37.8 Å². The number of halogens is 1. The van der Waals surface area contributed by atoms with Crippen LogP contribution >= 0.6 is 0 Å². The number of nitrogens with one attached hydrogen (secondary N) is 2. The number of aromatic nitrogens is 1. The Morgan fingerprint density at radius 3 is 2.52 bits per heavy atom. The highest BCUT2D eigenvalue weighted by molar-refractivity contribution is 5.92. The van der Waals surface area contributed by atoms with Crippen molar-refractivity contribution >= 4 is 17.4 Å². The molecule has 0 spiro atoms. The monoisotopic (exact) mass is 316 g/mol. The van der Waals surface area contributed by atoms with Crippen molar-refractivity contribution in [1.82, 2.24) is 9.88 Å². The van der Waals surface area contributed by atoms with Gasteiger partial charge in [0, 0.05) is 13.1 Å². The molecule has 6 heteroatoms. The molecule has 0 aliphatic heterocycles. The summed E-state index contributed by atoms with van der Waals surface area (Å²) in [6, 6.07) is 9.52. The molecule has 1 aromatic carbocycles. The minimum Gasteiger partial charge on any atom is -0.369 e. The third-order valence-electron chi connectivity index (χ3n) is 3.19. The van der Waals surface area contributed by atoms with Crippen LogP contribution in [-0.4, -0.2) is 43.0 Å². The predicted molar refractivity (Wildman–Crippen MR) is 90.0 cm³/mol. The average Bonchev–Trinajstić information content (AvgIpc) is 2.51. The number of amides is 1. The largest absolute Gasteiger partial charge is 0.369 e. The van der Waals surface area contributed by atoms with Gasteiger partial charge in [0.1, 0.15) is 11.6 Å². The SMILES string of the molecule is CN(C)CCNc1ccc(NC(=O)Cc2ccc(F)cc2)cn1. The fraction of sp³-hybridized carbons (Fsp3) is 0.294. The zero-order valence-electron chi connectivity index (χ0n) is 13.3. The number of benzene rings is 1. The van der Waals surface area contributed by atoms with Crippen LogP contribution in [0.1, 0.15) is 5.56 Å². The maximum atomic E-state index is 12.8. The first-order valence-corrected chi connectivity index (χ1v) is 7.42. The molecule has 23 heavy (non-hydrogen) atoms. The average molecular weight is 316 g/mol. The second kappa shape index (κ2) is 8.24. The first-order valence-electron chi connectivity index (χ1n) is 7.42. The van der Waals surface area contributed by atoms with Crippen LogP contribution in [0.3, 0.4) is 0 Å². The van der Waals surface area contributed by atoms with Crippen LogP contribution < -0.4 is 10.6 Å². The summed E-state index contributed by atoms with van der Waals surface area (Å²) in [7, 11) is 4.02. The first kappa shape index (κ1) is 16.9. The number of pyridine rings is 1. The standard InChI is InChI=1S/C17H21FN4O/c1-22(2)10-9-19-16-8-7-15(12-20-16)21-17(23)11-13-3-5-14(18)6-4-13/h3-8,12H,9-11H2,1-2H3,(H,19,20)(H,21,23). The van der Waals surface area contributed by atoms with Gasteiger partial charge in [0.05, 0.1) is 18.3 Å². The fourth-order valence-corrected chi connectivity index (χ4v) is 1.97. The number of likely N-dealkylation sites (N-methyl/N-ethyl adjacent to an activating group) is 1. The van der Waals surface area contributed by atoms with Gasteiger partial charge in [-0.05, 0) is 43.9 Å². The Balaban J connectivity index is 1.82. The molecule has 0 aliphatic rings. The molecule has 0 bridgehead atoms. The second-order valence-electron chi connectivity index (χ2n) is 5.51. The molecule has 0 radical (unpaired) electrons. The molecule has 0 saturated heterocycles. The molecule has 0 atom stereocenters. The molecule has 0 unspecified atom stereocenters. The topological polar surface area (TPSA) is 57.3 Å². The summed E-state index contributed by atoms with van der Waals surface area (Å²) in [4.78, 5) is 18.3. The van der Waals surface area contributed by atoms with Crippen LogP contribution in [0.25, 0.3) is 0 Å². The van der Waals surface area contributed by atoms with Crippen LogP contribution in [0.15, 0.2) is 42.6 Å². The highest BCUT2D eigenvalue weighted by atomic mass is 19.1. The van der Waals surface area contributed by atoms with Crippen molar-refractivity contribution in [3.8, 4) is 0 Å². The Morgan fingerprint density at radius 1 is 1.17 bits per heavy atom. The Morgan fingerprint density at radius 2 is 1.91 bits per heavy atom. The smallest absolute Gasteiger partial charge is 0.228 e. The van der Waals surface area contributed by atoms with E-state index in [2.05, 4.69) is 20.5 Å². The quantitative estimate of drug-likeness (QED) is 0.823. The second-order valence-corrected chi connectivity index (χ2v) is 5.51. The number of hydrogen-bond donors (Lipinski definition) is 2. The fourth-order valence-electron chi connectivity index (χ4n) is 1.97. The van der Waals surface area contributed by atoms with Gasteiger partial charge < -0.3 is 15.5 Å². The van der Waals surface area contributed by atoms with Gasteiger partial charge in [0.25, 0.3) is 0 Å². The lowest BCUT2D eigenvalue weighted by Crippen LogP contribution is -2.21. The molecular weight excluding hydrogens is 295 g/mol. The lowest BCUT2D eigenvalue weighted by atomic mass is 10.1. The molecule has 0 aliphatic carbocycles. The van der Waals surface area contributed by atoms with Crippen molar-refractivity contribution in [3.63, 3.8) is 0 Å². The maximum Gasteiger partial charge on any atom is 0.228 e. The zero-order valence-corrected chi connectivity index (χ0v) is 13.3. The third kappa shape index (κ3) is 6.04. The van der Waals surface area contributed by atoms with Gasteiger partial charge >= 0.3 is 0 Å². The maximum absolute atomic E-state index is 12.8. The highest BCUT2D eigenvalue weighted by Crippen LogP contribution is 2.11. The van der Waals surface area contributed by atoms with E-state index in [4.69, 9.17) is 0 Å². The van der Waals surface area contributed by atoms with E-state index in [0.29, 0.717) is 5.69 Å². The van der Waals surface area contributed by atoms with Crippen molar-refractivity contribution < 1.29 is 9.18 Å². The highest BCUT2D eigenvalue weighted by Gasteiger charge is 2.05. The van der Waals surface area contributed by atoms with Gasteiger partial charge in [-0.3, -0.25) is 4.79 Å². The lowest BCUT2D eigenvalue weighted by molar-refractivity contribution is -0.115. The number of rotatable bonds is 7. The predicted octanol–water partition coefficient (Wildman–Crippen LogP) is 2.38. The van der Waals surface area contributed by atoms with E-state index >= 15 is 0 Å². The molecule has 1 aromatic heterocycles. The van der Waals surface area contributed by atoms with Gasteiger partial charge in [-0.25, -0.2) is 9.37 Å². The number of carbonyl (C=O) groups is 1. The number of anilines is 2. The number of hydrogen-bond acceptors (Lipinski definition) is 4. The van der Waals surface area contributed by atoms with E-state index in [1.165, 1.54) is 12.1 Å². The van der Waals surface area contributed by atoms with Crippen LogP contribution in [0, 0.1) is 5.82 Å². The molecule has 0 fully saturated rings. The summed E-state index contributed by atoms with van der Waals surface area (Å²) in [6.45, 7) is 1.72. The van der Waals surface area contributed by atoms with Crippen LogP contribution in [-0.2, 0) is 11.2 Å². The molecule has 2 aromatic rings. The molecule has 122 valence electrons. The van der Waals surface area contributed by atoms with Crippen LogP contribution in [0.2, 0.25) is 0 Å². The summed E-state index contributed by atoms with van der Waals surface area (Å²) < 4.78 is 12.8. The van der Waals surface area contributed by atoms with Crippen molar-refractivity contribution in [2.24, 2.45) is 0 Å². The first-order chi connectivity index (χ1) is 11.0.